The molecule has 0 fully saturated rings. The minimum absolute atomic E-state index is 0.0843. The summed E-state index contributed by atoms with van der Waals surface area (Å²) in [5.41, 5.74) is 6.17. The molecule has 0 saturated heterocycles. The van der Waals surface area contributed by atoms with E-state index >= 15 is 0 Å². The van der Waals surface area contributed by atoms with Gasteiger partial charge in [-0.2, -0.15) is 0 Å². The Morgan fingerprint density at radius 3 is 3.12 bits per heavy atom. The second-order valence-electron chi connectivity index (χ2n) is 3.67. The molecular formula is C11H18N4O2. The van der Waals surface area contributed by atoms with Crippen LogP contribution in [0.4, 0.5) is 0 Å². The molecule has 4 N–H and O–H groups in total. The van der Waals surface area contributed by atoms with Crippen LogP contribution in [0.25, 0.3) is 0 Å². The Hall–Kier alpha value is -1.82. The van der Waals surface area contributed by atoms with Crippen molar-refractivity contribution in [2.24, 2.45) is 10.7 Å². The van der Waals surface area contributed by atoms with Gasteiger partial charge < -0.3 is 20.9 Å². The minimum atomic E-state index is 0.0843. The van der Waals surface area contributed by atoms with Crippen LogP contribution >= 0.6 is 0 Å². The third-order valence-electron chi connectivity index (χ3n) is 2.08. The third-order valence-corrected chi connectivity index (χ3v) is 2.08. The lowest BCUT2D eigenvalue weighted by Crippen LogP contribution is -2.40. The molecule has 1 atom stereocenters. The van der Waals surface area contributed by atoms with E-state index < -0.39 is 0 Å². The molecule has 0 aliphatic carbocycles. The summed E-state index contributed by atoms with van der Waals surface area (Å²) in [4.78, 5) is 8.08. The number of aromatic nitrogens is 1. The van der Waals surface area contributed by atoms with Crippen molar-refractivity contribution in [2.45, 2.75) is 19.5 Å². The number of hydrogen-bond donors (Lipinski definition) is 3. The molecule has 0 radical (unpaired) electrons. The van der Waals surface area contributed by atoms with Gasteiger partial charge in [-0.25, -0.2) is 4.99 Å². The zero-order valence-electron chi connectivity index (χ0n) is 10.1. The van der Waals surface area contributed by atoms with Crippen LogP contribution < -0.4 is 11.1 Å². The summed E-state index contributed by atoms with van der Waals surface area (Å²) >= 11 is 0. The Morgan fingerprint density at radius 1 is 1.71 bits per heavy atom. The standard InChI is InChI=1S/C11H18N4O2/c1-8(7-17-2)15-11(12)14-6-9-10(16)4-3-5-13-9/h3-5,8,16H,6-7H2,1-2H3,(H3,12,14,15). The summed E-state index contributed by atoms with van der Waals surface area (Å²) in [6.07, 6.45) is 1.60. The van der Waals surface area contributed by atoms with E-state index in [1.54, 1.807) is 25.4 Å². The van der Waals surface area contributed by atoms with E-state index in [4.69, 9.17) is 10.5 Å². The van der Waals surface area contributed by atoms with Crippen molar-refractivity contribution < 1.29 is 9.84 Å². The second kappa shape index (κ2) is 6.70. The molecule has 6 nitrogen and oxygen atoms in total. The monoisotopic (exact) mass is 238 g/mol. The third kappa shape index (κ3) is 4.69. The molecule has 0 bridgehead atoms. The Labute approximate surface area is 101 Å². The number of aliphatic imine (C=N–C) groups is 1. The van der Waals surface area contributed by atoms with Gasteiger partial charge in [0.15, 0.2) is 5.96 Å². The number of ether oxygens (including phenoxy) is 1. The first-order valence-corrected chi connectivity index (χ1v) is 5.31. The quantitative estimate of drug-likeness (QED) is 0.504. The molecule has 1 unspecified atom stereocenters. The van der Waals surface area contributed by atoms with Gasteiger partial charge in [-0.3, -0.25) is 4.98 Å². The molecular weight excluding hydrogens is 220 g/mol. The lowest BCUT2D eigenvalue weighted by atomic mass is 10.3. The lowest BCUT2D eigenvalue weighted by Gasteiger charge is -2.12. The van der Waals surface area contributed by atoms with Crippen molar-refractivity contribution >= 4 is 5.96 Å². The number of nitrogens with two attached hydrogens (primary N) is 1. The van der Waals surface area contributed by atoms with Gasteiger partial charge in [-0.15, -0.1) is 0 Å². The maximum absolute atomic E-state index is 9.48. The smallest absolute Gasteiger partial charge is 0.189 e. The maximum Gasteiger partial charge on any atom is 0.189 e. The summed E-state index contributed by atoms with van der Waals surface area (Å²) in [5.74, 6) is 0.425. The fourth-order valence-electron chi connectivity index (χ4n) is 1.30. The van der Waals surface area contributed by atoms with E-state index in [0.29, 0.717) is 18.3 Å². The van der Waals surface area contributed by atoms with Gasteiger partial charge in [-0.05, 0) is 19.1 Å². The van der Waals surface area contributed by atoms with Gasteiger partial charge in [0.2, 0.25) is 0 Å². The average molecular weight is 238 g/mol. The van der Waals surface area contributed by atoms with Crippen LogP contribution in [-0.4, -0.2) is 35.8 Å². The summed E-state index contributed by atoms with van der Waals surface area (Å²) in [5, 5.41) is 12.4. The molecule has 94 valence electrons. The van der Waals surface area contributed by atoms with Crippen molar-refractivity contribution in [3.05, 3.63) is 24.0 Å². The van der Waals surface area contributed by atoms with Gasteiger partial charge in [-0.1, -0.05) is 0 Å². The van der Waals surface area contributed by atoms with Gasteiger partial charge >= 0.3 is 0 Å². The van der Waals surface area contributed by atoms with Crippen LogP contribution in [0, 0.1) is 0 Å². The Balaban J connectivity index is 2.50. The molecule has 1 aromatic heterocycles. The molecule has 0 aliphatic heterocycles. The summed E-state index contributed by atoms with van der Waals surface area (Å²) in [7, 11) is 1.62. The summed E-state index contributed by atoms with van der Waals surface area (Å²) < 4.78 is 4.96. The number of methoxy groups -OCH3 is 1. The highest BCUT2D eigenvalue weighted by Gasteiger charge is 2.03. The fourth-order valence-corrected chi connectivity index (χ4v) is 1.30. The van der Waals surface area contributed by atoms with Crippen LogP contribution in [0.5, 0.6) is 5.75 Å². The van der Waals surface area contributed by atoms with Crippen molar-refractivity contribution in [1.29, 1.82) is 0 Å². The number of nitrogens with zero attached hydrogens (tertiary/aromatic N) is 2. The highest BCUT2D eigenvalue weighted by molar-refractivity contribution is 5.78. The predicted molar refractivity (Wildman–Crippen MR) is 65.7 cm³/mol. The first-order chi connectivity index (χ1) is 8.13. The normalized spacial score (nSPS) is 13.4. The first kappa shape index (κ1) is 13.2. The average Bonchev–Trinajstić information content (AvgIpc) is 2.28. The van der Waals surface area contributed by atoms with Crippen molar-refractivity contribution in [2.75, 3.05) is 13.7 Å². The number of hydrogen-bond acceptors (Lipinski definition) is 4. The number of aromatic hydroxyl groups is 1. The zero-order chi connectivity index (χ0) is 12.7. The van der Waals surface area contributed by atoms with Crippen molar-refractivity contribution in [3.63, 3.8) is 0 Å². The fraction of sp³-hybridized carbons (Fsp3) is 0.455. The van der Waals surface area contributed by atoms with Crippen LogP contribution in [0.2, 0.25) is 0 Å². The first-order valence-electron chi connectivity index (χ1n) is 5.31. The van der Waals surface area contributed by atoms with Crippen LogP contribution in [0.1, 0.15) is 12.6 Å². The molecule has 1 rings (SSSR count). The Kier molecular flexibility index (Phi) is 5.22. The second-order valence-corrected chi connectivity index (χ2v) is 3.67. The number of rotatable bonds is 5. The van der Waals surface area contributed by atoms with Crippen LogP contribution in [-0.2, 0) is 11.3 Å². The Bertz CT molecular complexity index is 381. The van der Waals surface area contributed by atoms with Gasteiger partial charge in [0.25, 0.3) is 0 Å². The maximum atomic E-state index is 9.48. The number of guanidine groups is 1. The van der Waals surface area contributed by atoms with Gasteiger partial charge in [0.1, 0.15) is 11.4 Å². The van der Waals surface area contributed by atoms with Gasteiger partial charge in [0, 0.05) is 19.3 Å². The Morgan fingerprint density at radius 2 is 2.47 bits per heavy atom. The van der Waals surface area contributed by atoms with Gasteiger partial charge in [0.05, 0.1) is 13.2 Å². The highest BCUT2D eigenvalue weighted by atomic mass is 16.5. The summed E-state index contributed by atoms with van der Waals surface area (Å²) in [6, 6.07) is 3.31. The molecule has 0 amide bonds. The molecule has 1 heterocycles. The van der Waals surface area contributed by atoms with Crippen LogP contribution in [0.15, 0.2) is 23.3 Å². The molecule has 6 heteroatoms. The van der Waals surface area contributed by atoms with E-state index in [2.05, 4.69) is 15.3 Å². The molecule has 0 spiro atoms. The van der Waals surface area contributed by atoms with Crippen molar-refractivity contribution in [3.8, 4) is 5.75 Å². The molecule has 17 heavy (non-hydrogen) atoms. The van der Waals surface area contributed by atoms with E-state index in [9.17, 15) is 5.11 Å². The molecule has 0 aromatic carbocycles. The van der Waals surface area contributed by atoms with E-state index in [1.165, 1.54) is 0 Å². The van der Waals surface area contributed by atoms with E-state index in [-0.39, 0.29) is 18.3 Å². The van der Waals surface area contributed by atoms with E-state index in [1.807, 2.05) is 6.92 Å². The minimum Gasteiger partial charge on any atom is -0.506 e. The number of pyridine rings is 1. The van der Waals surface area contributed by atoms with Crippen LogP contribution in [0.3, 0.4) is 0 Å². The topological polar surface area (TPSA) is 92.8 Å². The number of nitrogens with one attached hydrogen (secondary N) is 1. The molecule has 0 saturated carbocycles. The highest BCUT2D eigenvalue weighted by Crippen LogP contribution is 2.12. The lowest BCUT2D eigenvalue weighted by molar-refractivity contribution is 0.179. The summed E-state index contributed by atoms with van der Waals surface area (Å²) in [6.45, 7) is 2.72. The predicted octanol–water partition coefficient (Wildman–Crippen LogP) is 0.226. The zero-order valence-corrected chi connectivity index (χ0v) is 10.1. The molecule has 1 aromatic rings. The van der Waals surface area contributed by atoms with Crippen molar-refractivity contribution in [1.82, 2.24) is 10.3 Å². The molecule has 0 aliphatic rings. The van der Waals surface area contributed by atoms with E-state index in [0.717, 1.165) is 0 Å². The SMILES string of the molecule is COCC(C)NC(N)=NCc1ncccc1O. The largest absolute Gasteiger partial charge is 0.506 e.